The number of fused-ring (bicyclic) bond motifs is 1. The number of ether oxygens (including phenoxy) is 2. The Morgan fingerprint density at radius 3 is 2.75 bits per heavy atom. The molecular weight excluding hydrogens is 326 g/mol. The number of imidazole rings is 1. The Hall–Kier alpha value is -1.57. The van der Waals surface area contributed by atoms with Crippen molar-refractivity contribution in [3.8, 4) is 0 Å². The number of hydrogen-bond donors (Lipinski definition) is 1. The predicted molar refractivity (Wildman–Crippen MR) is 92.7 cm³/mol. The van der Waals surface area contributed by atoms with Gasteiger partial charge in [0.15, 0.2) is 5.79 Å². The van der Waals surface area contributed by atoms with Crippen molar-refractivity contribution in [3.05, 3.63) is 30.1 Å². The molecule has 0 radical (unpaired) electrons. The summed E-state index contributed by atoms with van der Waals surface area (Å²) in [5.41, 5.74) is 2.01. The standard InChI is InChI=1S/C17H21N3O3S/c21-16(20-7-5-17(6-8-20)22-9-10-23-17)12-24-11-15-18-13-3-1-2-4-14(13)19-15/h1-4H,5-12H2,(H,18,19). The van der Waals surface area contributed by atoms with Crippen LogP contribution in [0.1, 0.15) is 18.7 Å². The molecule has 1 aromatic heterocycles. The van der Waals surface area contributed by atoms with Crippen LogP contribution >= 0.6 is 11.8 Å². The van der Waals surface area contributed by atoms with Gasteiger partial charge in [0, 0.05) is 25.9 Å². The van der Waals surface area contributed by atoms with Crippen LogP contribution in [-0.2, 0) is 20.0 Å². The second-order valence-electron chi connectivity index (χ2n) is 6.18. The highest BCUT2D eigenvalue weighted by Crippen LogP contribution is 2.31. The van der Waals surface area contributed by atoms with Crippen LogP contribution in [0, 0.1) is 0 Å². The van der Waals surface area contributed by atoms with Crippen LogP contribution in [0.3, 0.4) is 0 Å². The number of likely N-dealkylation sites (tertiary alicyclic amines) is 1. The first-order chi connectivity index (χ1) is 11.7. The molecule has 2 aliphatic heterocycles. The van der Waals surface area contributed by atoms with E-state index in [1.807, 2.05) is 29.2 Å². The number of carbonyl (C=O) groups is 1. The average molecular weight is 347 g/mol. The van der Waals surface area contributed by atoms with Crippen molar-refractivity contribution < 1.29 is 14.3 Å². The first kappa shape index (κ1) is 15.9. The fraction of sp³-hybridized carbons (Fsp3) is 0.529. The van der Waals surface area contributed by atoms with Crippen LogP contribution in [-0.4, -0.2) is 58.6 Å². The van der Waals surface area contributed by atoms with Gasteiger partial charge in [0.05, 0.1) is 35.8 Å². The zero-order valence-corrected chi connectivity index (χ0v) is 14.3. The molecular formula is C17H21N3O3S. The molecule has 2 aliphatic rings. The van der Waals surface area contributed by atoms with Gasteiger partial charge in [-0.3, -0.25) is 4.79 Å². The molecule has 2 aromatic rings. The van der Waals surface area contributed by atoms with E-state index in [0.29, 0.717) is 37.8 Å². The third kappa shape index (κ3) is 3.29. The van der Waals surface area contributed by atoms with Gasteiger partial charge < -0.3 is 19.4 Å². The van der Waals surface area contributed by atoms with Crippen molar-refractivity contribution >= 4 is 28.7 Å². The Morgan fingerprint density at radius 1 is 1.25 bits per heavy atom. The second-order valence-corrected chi connectivity index (χ2v) is 7.17. The lowest BCUT2D eigenvalue weighted by atomic mass is 10.0. The summed E-state index contributed by atoms with van der Waals surface area (Å²) in [4.78, 5) is 22.1. The van der Waals surface area contributed by atoms with E-state index >= 15 is 0 Å². The molecule has 1 amide bonds. The van der Waals surface area contributed by atoms with E-state index < -0.39 is 5.79 Å². The van der Waals surface area contributed by atoms with Crippen molar-refractivity contribution in [2.24, 2.45) is 0 Å². The summed E-state index contributed by atoms with van der Waals surface area (Å²) in [5.74, 6) is 1.87. The molecule has 1 spiro atoms. The molecule has 0 saturated carbocycles. The highest BCUT2D eigenvalue weighted by molar-refractivity contribution is 7.99. The van der Waals surface area contributed by atoms with Gasteiger partial charge in [-0.25, -0.2) is 4.98 Å². The monoisotopic (exact) mass is 347 g/mol. The van der Waals surface area contributed by atoms with Gasteiger partial charge >= 0.3 is 0 Å². The van der Waals surface area contributed by atoms with E-state index in [0.717, 1.165) is 29.7 Å². The molecule has 4 rings (SSSR count). The summed E-state index contributed by atoms with van der Waals surface area (Å²) in [7, 11) is 0. The van der Waals surface area contributed by atoms with Gasteiger partial charge in [0.1, 0.15) is 5.82 Å². The molecule has 128 valence electrons. The fourth-order valence-electron chi connectivity index (χ4n) is 3.28. The normalized spacial score (nSPS) is 20.1. The number of nitrogens with one attached hydrogen (secondary N) is 1. The number of benzene rings is 1. The molecule has 1 aromatic carbocycles. The minimum absolute atomic E-state index is 0.184. The SMILES string of the molecule is O=C(CSCc1nc2ccccc2[nH]1)N1CCC2(CC1)OCCO2. The molecule has 7 heteroatoms. The van der Waals surface area contributed by atoms with E-state index in [4.69, 9.17) is 9.47 Å². The maximum atomic E-state index is 12.4. The first-order valence-electron chi connectivity index (χ1n) is 8.31. The van der Waals surface area contributed by atoms with Gasteiger partial charge in [0.2, 0.25) is 5.91 Å². The molecule has 0 aliphatic carbocycles. The molecule has 2 saturated heterocycles. The number of H-pyrrole nitrogens is 1. The average Bonchev–Trinajstić information content (AvgIpc) is 3.22. The van der Waals surface area contributed by atoms with Crippen LogP contribution in [0.5, 0.6) is 0 Å². The number of aromatic amines is 1. The minimum Gasteiger partial charge on any atom is -0.347 e. The van der Waals surface area contributed by atoms with E-state index in [-0.39, 0.29) is 5.91 Å². The van der Waals surface area contributed by atoms with Crippen molar-refractivity contribution in [2.45, 2.75) is 24.4 Å². The number of rotatable bonds is 4. The lowest BCUT2D eigenvalue weighted by molar-refractivity contribution is -0.186. The largest absolute Gasteiger partial charge is 0.347 e. The zero-order valence-electron chi connectivity index (χ0n) is 13.5. The van der Waals surface area contributed by atoms with Gasteiger partial charge in [-0.15, -0.1) is 11.8 Å². The Balaban J connectivity index is 1.25. The molecule has 0 unspecified atom stereocenters. The second kappa shape index (κ2) is 6.74. The van der Waals surface area contributed by atoms with Gasteiger partial charge in [-0.05, 0) is 12.1 Å². The molecule has 0 bridgehead atoms. The van der Waals surface area contributed by atoms with Crippen molar-refractivity contribution in [2.75, 3.05) is 32.1 Å². The smallest absolute Gasteiger partial charge is 0.232 e. The molecule has 2 fully saturated rings. The lowest BCUT2D eigenvalue weighted by Gasteiger charge is -2.37. The van der Waals surface area contributed by atoms with Crippen molar-refractivity contribution in [3.63, 3.8) is 0 Å². The Bertz CT molecular complexity index is 684. The Labute approximate surface area is 144 Å². The topological polar surface area (TPSA) is 67.5 Å². The first-order valence-corrected chi connectivity index (χ1v) is 9.47. The number of amides is 1. The van der Waals surface area contributed by atoms with E-state index in [1.54, 1.807) is 11.8 Å². The van der Waals surface area contributed by atoms with E-state index in [1.165, 1.54) is 0 Å². The maximum Gasteiger partial charge on any atom is 0.232 e. The van der Waals surface area contributed by atoms with Gasteiger partial charge in [0.25, 0.3) is 0 Å². The molecule has 6 nitrogen and oxygen atoms in total. The number of carbonyl (C=O) groups excluding carboxylic acids is 1. The summed E-state index contributed by atoms with van der Waals surface area (Å²) in [6.07, 6.45) is 1.54. The third-order valence-electron chi connectivity index (χ3n) is 4.59. The van der Waals surface area contributed by atoms with E-state index in [2.05, 4.69) is 9.97 Å². The number of nitrogens with zero attached hydrogens (tertiary/aromatic N) is 2. The van der Waals surface area contributed by atoms with E-state index in [9.17, 15) is 4.79 Å². The lowest BCUT2D eigenvalue weighted by Crippen LogP contribution is -2.47. The van der Waals surface area contributed by atoms with Crippen LogP contribution < -0.4 is 0 Å². The fourth-order valence-corrected chi connectivity index (χ4v) is 4.07. The molecule has 3 heterocycles. The zero-order chi connectivity index (χ0) is 16.4. The summed E-state index contributed by atoms with van der Waals surface area (Å²) in [5, 5.41) is 0. The highest BCUT2D eigenvalue weighted by Gasteiger charge is 2.40. The molecule has 0 atom stereocenters. The predicted octanol–water partition coefficient (Wildman–Crippen LogP) is 2.16. The number of para-hydroxylation sites is 2. The number of hydrogen-bond acceptors (Lipinski definition) is 5. The quantitative estimate of drug-likeness (QED) is 0.918. The summed E-state index contributed by atoms with van der Waals surface area (Å²) in [6, 6.07) is 7.96. The summed E-state index contributed by atoms with van der Waals surface area (Å²) < 4.78 is 11.4. The summed E-state index contributed by atoms with van der Waals surface area (Å²) >= 11 is 1.60. The van der Waals surface area contributed by atoms with Crippen molar-refractivity contribution in [1.82, 2.24) is 14.9 Å². The minimum atomic E-state index is -0.418. The number of aromatic nitrogens is 2. The Kier molecular flexibility index (Phi) is 4.47. The Morgan fingerprint density at radius 2 is 2.00 bits per heavy atom. The molecule has 1 N–H and O–H groups in total. The third-order valence-corrected chi connectivity index (χ3v) is 5.52. The van der Waals surface area contributed by atoms with Crippen LogP contribution in [0.25, 0.3) is 11.0 Å². The van der Waals surface area contributed by atoms with Crippen LogP contribution in [0.2, 0.25) is 0 Å². The van der Waals surface area contributed by atoms with Gasteiger partial charge in [-0.2, -0.15) is 0 Å². The van der Waals surface area contributed by atoms with Gasteiger partial charge in [-0.1, -0.05) is 12.1 Å². The maximum absolute atomic E-state index is 12.4. The number of thioether (sulfide) groups is 1. The van der Waals surface area contributed by atoms with Crippen LogP contribution in [0.4, 0.5) is 0 Å². The number of piperidine rings is 1. The molecule has 24 heavy (non-hydrogen) atoms. The van der Waals surface area contributed by atoms with Crippen molar-refractivity contribution in [1.29, 1.82) is 0 Å². The summed E-state index contributed by atoms with van der Waals surface area (Å²) in [6.45, 7) is 2.76. The highest BCUT2D eigenvalue weighted by atomic mass is 32.2. The van der Waals surface area contributed by atoms with Crippen LogP contribution in [0.15, 0.2) is 24.3 Å².